The molecule has 18 heavy (non-hydrogen) atoms. The number of hydrogen-bond donors (Lipinski definition) is 2. The molecule has 3 unspecified atom stereocenters. The molecule has 0 aromatic rings. The van der Waals surface area contributed by atoms with Crippen LogP contribution in [0.25, 0.3) is 0 Å². The smallest absolute Gasteiger partial charge is 0.238 e. The van der Waals surface area contributed by atoms with Crippen molar-refractivity contribution < 1.29 is 9.53 Å². The summed E-state index contributed by atoms with van der Waals surface area (Å²) >= 11 is 0. The summed E-state index contributed by atoms with van der Waals surface area (Å²) in [4.78, 5) is 13.9. The Hall–Kier alpha value is -0.650. The normalized spacial score (nSPS) is 28.9. The molecule has 0 aromatic carbocycles. The van der Waals surface area contributed by atoms with E-state index in [0.717, 1.165) is 26.1 Å². The molecule has 0 aromatic heterocycles. The number of nitrogens with zero attached hydrogens (tertiary/aromatic N) is 1. The number of piperidine rings is 1. The summed E-state index contributed by atoms with van der Waals surface area (Å²) in [5, 5.41) is 3.19. The second-order valence-electron chi connectivity index (χ2n) is 5.50. The number of primary amides is 1. The lowest BCUT2D eigenvalue weighted by atomic mass is 9.93. The number of ether oxygens (including phenoxy) is 1. The average Bonchev–Trinajstić information content (AvgIpc) is 2.31. The third kappa shape index (κ3) is 3.67. The fourth-order valence-electron chi connectivity index (χ4n) is 2.61. The molecular formula is C13H27N3O2. The average molecular weight is 257 g/mol. The SMILES string of the molecule is CCNC(C)(CN1CCC(C)C(OC)C1)C(N)=O. The Morgan fingerprint density at radius 3 is 2.78 bits per heavy atom. The van der Waals surface area contributed by atoms with Gasteiger partial charge in [-0.1, -0.05) is 13.8 Å². The highest BCUT2D eigenvalue weighted by Crippen LogP contribution is 2.21. The molecule has 1 aliphatic rings. The standard InChI is InChI=1S/C13H27N3O2/c1-5-15-13(3,12(14)17)9-16-7-6-10(2)11(8-16)18-4/h10-11,15H,5-9H2,1-4H3,(H2,14,17). The van der Waals surface area contributed by atoms with Crippen LogP contribution < -0.4 is 11.1 Å². The van der Waals surface area contributed by atoms with E-state index < -0.39 is 5.54 Å². The highest BCUT2D eigenvalue weighted by Gasteiger charge is 2.35. The van der Waals surface area contributed by atoms with E-state index in [4.69, 9.17) is 10.5 Å². The Bertz CT molecular complexity index is 285. The van der Waals surface area contributed by atoms with Crippen molar-refractivity contribution in [1.82, 2.24) is 10.2 Å². The number of carbonyl (C=O) groups is 1. The quantitative estimate of drug-likeness (QED) is 0.713. The second-order valence-corrected chi connectivity index (χ2v) is 5.50. The first kappa shape index (κ1) is 15.4. The van der Waals surface area contributed by atoms with E-state index in [1.807, 2.05) is 13.8 Å². The summed E-state index contributed by atoms with van der Waals surface area (Å²) in [6.45, 7) is 9.31. The lowest BCUT2D eigenvalue weighted by Gasteiger charge is -2.40. The van der Waals surface area contributed by atoms with Gasteiger partial charge < -0.3 is 15.8 Å². The fraction of sp³-hybridized carbons (Fsp3) is 0.923. The molecule has 1 amide bonds. The predicted molar refractivity (Wildman–Crippen MR) is 72.3 cm³/mol. The van der Waals surface area contributed by atoms with Crippen LogP contribution in [0, 0.1) is 5.92 Å². The summed E-state index contributed by atoms with van der Waals surface area (Å²) in [5.41, 5.74) is 4.85. The number of likely N-dealkylation sites (N-methyl/N-ethyl adjacent to an activating group) is 1. The van der Waals surface area contributed by atoms with Crippen molar-refractivity contribution >= 4 is 5.91 Å². The minimum atomic E-state index is -0.659. The van der Waals surface area contributed by atoms with Crippen LogP contribution in [-0.2, 0) is 9.53 Å². The van der Waals surface area contributed by atoms with Gasteiger partial charge in [-0.15, -0.1) is 0 Å². The van der Waals surface area contributed by atoms with Crippen LogP contribution in [0.3, 0.4) is 0 Å². The van der Waals surface area contributed by atoms with Gasteiger partial charge in [-0.3, -0.25) is 9.69 Å². The van der Waals surface area contributed by atoms with Crippen LogP contribution in [0.2, 0.25) is 0 Å². The maximum absolute atomic E-state index is 11.6. The Kier molecular flexibility index (Phi) is 5.56. The minimum Gasteiger partial charge on any atom is -0.380 e. The van der Waals surface area contributed by atoms with Crippen molar-refractivity contribution in [3.05, 3.63) is 0 Å². The van der Waals surface area contributed by atoms with E-state index in [2.05, 4.69) is 17.1 Å². The first-order valence-corrected chi connectivity index (χ1v) is 6.73. The van der Waals surface area contributed by atoms with Crippen molar-refractivity contribution in [2.45, 2.75) is 38.8 Å². The van der Waals surface area contributed by atoms with Gasteiger partial charge in [0.1, 0.15) is 5.54 Å². The largest absolute Gasteiger partial charge is 0.380 e. The van der Waals surface area contributed by atoms with E-state index in [-0.39, 0.29) is 12.0 Å². The number of carbonyl (C=O) groups excluding carboxylic acids is 1. The Morgan fingerprint density at radius 1 is 1.61 bits per heavy atom. The second kappa shape index (κ2) is 6.50. The molecule has 0 saturated carbocycles. The molecule has 0 radical (unpaired) electrons. The van der Waals surface area contributed by atoms with Crippen LogP contribution in [0.1, 0.15) is 27.2 Å². The zero-order valence-corrected chi connectivity index (χ0v) is 12.0. The molecule has 0 spiro atoms. The molecule has 1 heterocycles. The summed E-state index contributed by atoms with van der Waals surface area (Å²) in [7, 11) is 1.75. The number of hydrogen-bond acceptors (Lipinski definition) is 4. The monoisotopic (exact) mass is 257 g/mol. The third-order valence-electron chi connectivity index (χ3n) is 3.93. The Balaban J connectivity index is 2.62. The van der Waals surface area contributed by atoms with Crippen molar-refractivity contribution in [3.8, 4) is 0 Å². The number of methoxy groups -OCH3 is 1. The predicted octanol–water partition coefficient (Wildman–Crippen LogP) is 0.197. The molecule has 1 fully saturated rings. The first-order valence-electron chi connectivity index (χ1n) is 6.73. The molecule has 0 aliphatic carbocycles. The zero-order chi connectivity index (χ0) is 13.8. The van der Waals surface area contributed by atoms with Crippen molar-refractivity contribution in [3.63, 3.8) is 0 Å². The number of amides is 1. The number of rotatable bonds is 6. The van der Waals surface area contributed by atoms with Crippen molar-refractivity contribution in [2.24, 2.45) is 11.7 Å². The van der Waals surface area contributed by atoms with Crippen molar-refractivity contribution in [1.29, 1.82) is 0 Å². The lowest BCUT2D eigenvalue weighted by Crippen LogP contribution is -2.61. The van der Waals surface area contributed by atoms with E-state index in [9.17, 15) is 4.79 Å². The van der Waals surface area contributed by atoms with Gasteiger partial charge in [0.2, 0.25) is 5.91 Å². The Labute approximate surface area is 110 Å². The van der Waals surface area contributed by atoms with Gasteiger partial charge in [0.15, 0.2) is 0 Å². The maximum atomic E-state index is 11.6. The van der Waals surface area contributed by atoms with Gasteiger partial charge in [0.25, 0.3) is 0 Å². The van der Waals surface area contributed by atoms with E-state index in [0.29, 0.717) is 12.5 Å². The van der Waals surface area contributed by atoms with Crippen LogP contribution in [-0.4, -0.2) is 55.7 Å². The summed E-state index contributed by atoms with van der Waals surface area (Å²) in [6.07, 6.45) is 1.34. The van der Waals surface area contributed by atoms with E-state index >= 15 is 0 Å². The van der Waals surface area contributed by atoms with Gasteiger partial charge in [0, 0.05) is 20.2 Å². The minimum absolute atomic E-state index is 0.248. The van der Waals surface area contributed by atoms with Gasteiger partial charge in [-0.2, -0.15) is 0 Å². The summed E-state index contributed by atoms with van der Waals surface area (Å²) in [6, 6.07) is 0. The first-order chi connectivity index (χ1) is 8.42. The molecule has 106 valence electrons. The van der Waals surface area contributed by atoms with Crippen LogP contribution >= 0.6 is 0 Å². The summed E-state index contributed by atoms with van der Waals surface area (Å²) < 4.78 is 5.49. The van der Waals surface area contributed by atoms with Crippen LogP contribution in [0.15, 0.2) is 0 Å². The number of nitrogens with two attached hydrogens (primary N) is 1. The molecule has 1 rings (SSSR count). The molecule has 3 N–H and O–H groups in total. The van der Waals surface area contributed by atoms with Gasteiger partial charge >= 0.3 is 0 Å². The molecule has 1 saturated heterocycles. The number of likely N-dealkylation sites (tertiary alicyclic amines) is 1. The zero-order valence-electron chi connectivity index (χ0n) is 12.0. The third-order valence-corrected chi connectivity index (χ3v) is 3.93. The summed E-state index contributed by atoms with van der Waals surface area (Å²) in [5.74, 6) is 0.280. The topological polar surface area (TPSA) is 67.6 Å². The van der Waals surface area contributed by atoms with E-state index in [1.54, 1.807) is 7.11 Å². The van der Waals surface area contributed by atoms with Gasteiger partial charge in [-0.05, 0) is 32.4 Å². The molecule has 1 aliphatic heterocycles. The molecule has 3 atom stereocenters. The van der Waals surface area contributed by atoms with Gasteiger partial charge in [-0.25, -0.2) is 0 Å². The Morgan fingerprint density at radius 2 is 2.28 bits per heavy atom. The van der Waals surface area contributed by atoms with Gasteiger partial charge in [0.05, 0.1) is 6.10 Å². The highest BCUT2D eigenvalue weighted by atomic mass is 16.5. The maximum Gasteiger partial charge on any atom is 0.238 e. The molecule has 5 heteroatoms. The molecule has 0 bridgehead atoms. The van der Waals surface area contributed by atoms with E-state index in [1.165, 1.54) is 0 Å². The molecular weight excluding hydrogens is 230 g/mol. The molecule has 5 nitrogen and oxygen atoms in total. The highest BCUT2D eigenvalue weighted by molar-refractivity contribution is 5.84. The van der Waals surface area contributed by atoms with Crippen molar-refractivity contribution in [2.75, 3.05) is 33.3 Å². The fourth-order valence-corrected chi connectivity index (χ4v) is 2.61. The lowest BCUT2D eigenvalue weighted by molar-refractivity contribution is -0.125. The number of nitrogens with one attached hydrogen (secondary N) is 1. The van der Waals surface area contributed by atoms with Crippen LogP contribution in [0.4, 0.5) is 0 Å². The van der Waals surface area contributed by atoms with Crippen LogP contribution in [0.5, 0.6) is 0 Å².